The van der Waals surface area contributed by atoms with Gasteiger partial charge in [0.25, 0.3) is 0 Å². The zero-order valence-electron chi connectivity index (χ0n) is 12.2. The zero-order chi connectivity index (χ0) is 14.3. The second kappa shape index (κ2) is 7.13. The largest absolute Gasteiger partial charge is 0.461 e. The lowest BCUT2D eigenvalue weighted by Crippen LogP contribution is -2.23. The molecule has 0 aromatic heterocycles. The summed E-state index contributed by atoms with van der Waals surface area (Å²) in [6.07, 6.45) is 3.16. The molecule has 104 valence electrons. The van der Waals surface area contributed by atoms with Gasteiger partial charge in [-0.2, -0.15) is 0 Å². The van der Waals surface area contributed by atoms with Crippen LogP contribution in [0.15, 0.2) is 43.0 Å². The van der Waals surface area contributed by atoms with Crippen molar-refractivity contribution >= 4 is 5.97 Å². The van der Waals surface area contributed by atoms with Crippen LogP contribution < -0.4 is 0 Å². The number of ether oxygens (including phenoxy) is 1. The van der Waals surface area contributed by atoms with Gasteiger partial charge in [-0.25, -0.2) is 0 Å². The van der Waals surface area contributed by atoms with Gasteiger partial charge in [0.1, 0.15) is 6.61 Å². The van der Waals surface area contributed by atoms with Crippen molar-refractivity contribution in [3.8, 4) is 0 Å². The molecule has 0 spiro atoms. The predicted octanol–water partition coefficient (Wildman–Crippen LogP) is 4.36. The first-order valence-electron chi connectivity index (χ1n) is 6.74. The van der Waals surface area contributed by atoms with Crippen molar-refractivity contribution in [1.82, 2.24) is 0 Å². The highest BCUT2D eigenvalue weighted by Crippen LogP contribution is 2.32. The highest BCUT2D eigenvalue weighted by atomic mass is 16.5. The van der Waals surface area contributed by atoms with E-state index >= 15 is 0 Å². The summed E-state index contributed by atoms with van der Waals surface area (Å²) in [6, 6.07) is 9.75. The molecular weight excluding hydrogens is 236 g/mol. The molecule has 0 saturated carbocycles. The molecule has 0 saturated heterocycles. The molecule has 2 nitrogen and oxygen atoms in total. The third-order valence-electron chi connectivity index (χ3n) is 3.33. The lowest BCUT2D eigenvalue weighted by Gasteiger charge is -2.29. The van der Waals surface area contributed by atoms with Gasteiger partial charge in [-0.15, -0.1) is 6.58 Å². The van der Waals surface area contributed by atoms with E-state index in [1.807, 2.05) is 36.4 Å². The van der Waals surface area contributed by atoms with Gasteiger partial charge < -0.3 is 4.74 Å². The topological polar surface area (TPSA) is 26.3 Å². The number of esters is 1. The number of benzene rings is 1. The van der Waals surface area contributed by atoms with Gasteiger partial charge in [0.15, 0.2) is 0 Å². The number of carbonyl (C=O) groups is 1. The number of hydrogen-bond donors (Lipinski definition) is 0. The maximum atomic E-state index is 11.9. The first kappa shape index (κ1) is 15.5. The highest BCUT2D eigenvalue weighted by molar-refractivity contribution is 5.69. The smallest absolute Gasteiger partial charge is 0.306 e. The van der Waals surface area contributed by atoms with Gasteiger partial charge in [-0.3, -0.25) is 4.79 Å². The van der Waals surface area contributed by atoms with Crippen LogP contribution in [0.4, 0.5) is 0 Å². The van der Waals surface area contributed by atoms with Gasteiger partial charge in [0.2, 0.25) is 0 Å². The zero-order valence-corrected chi connectivity index (χ0v) is 12.2. The van der Waals surface area contributed by atoms with Crippen LogP contribution in [0, 0.1) is 11.3 Å². The SMILES string of the molecule is C=CCC(CC(=O)OCc1ccccc1)C(C)(C)C. The highest BCUT2D eigenvalue weighted by Gasteiger charge is 2.26. The van der Waals surface area contributed by atoms with Crippen molar-refractivity contribution in [3.05, 3.63) is 48.6 Å². The van der Waals surface area contributed by atoms with Crippen molar-refractivity contribution in [3.63, 3.8) is 0 Å². The van der Waals surface area contributed by atoms with Crippen LogP contribution in [0.1, 0.15) is 39.2 Å². The second-order valence-electron chi connectivity index (χ2n) is 5.94. The summed E-state index contributed by atoms with van der Waals surface area (Å²) in [4.78, 5) is 11.9. The van der Waals surface area contributed by atoms with Gasteiger partial charge in [0, 0.05) is 6.42 Å². The van der Waals surface area contributed by atoms with E-state index < -0.39 is 0 Å². The van der Waals surface area contributed by atoms with Crippen LogP contribution in [0.5, 0.6) is 0 Å². The third-order valence-corrected chi connectivity index (χ3v) is 3.33. The van der Waals surface area contributed by atoms with E-state index in [0.717, 1.165) is 12.0 Å². The molecule has 0 aliphatic rings. The summed E-state index contributed by atoms with van der Waals surface area (Å²) < 4.78 is 5.33. The van der Waals surface area contributed by atoms with Crippen molar-refractivity contribution in [2.24, 2.45) is 11.3 Å². The van der Waals surface area contributed by atoms with Gasteiger partial charge >= 0.3 is 5.97 Å². The van der Waals surface area contributed by atoms with Crippen molar-refractivity contribution in [2.45, 2.75) is 40.2 Å². The monoisotopic (exact) mass is 260 g/mol. The summed E-state index contributed by atoms with van der Waals surface area (Å²) in [5, 5.41) is 0. The minimum atomic E-state index is -0.134. The van der Waals surface area contributed by atoms with Gasteiger partial charge in [-0.05, 0) is 23.3 Å². The lowest BCUT2D eigenvalue weighted by atomic mass is 9.77. The first-order chi connectivity index (χ1) is 8.93. The minimum absolute atomic E-state index is 0.0833. The third kappa shape index (κ3) is 5.73. The normalized spacial score (nSPS) is 12.8. The Kier molecular flexibility index (Phi) is 5.81. The van der Waals surface area contributed by atoms with Crippen molar-refractivity contribution < 1.29 is 9.53 Å². The van der Waals surface area contributed by atoms with Crippen LogP contribution in [-0.4, -0.2) is 5.97 Å². The van der Waals surface area contributed by atoms with Crippen molar-refractivity contribution in [1.29, 1.82) is 0 Å². The predicted molar refractivity (Wildman–Crippen MR) is 78.6 cm³/mol. The van der Waals surface area contributed by atoms with Crippen molar-refractivity contribution in [2.75, 3.05) is 0 Å². The van der Waals surface area contributed by atoms with E-state index in [1.54, 1.807) is 0 Å². The Labute approximate surface area is 116 Å². The minimum Gasteiger partial charge on any atom is -0.461 e. The summed E-state index contributed by atoms with van der Waals surface area (Å²) in [6.45, 7) is 10.5. The molecule has 0 aliphatic heterocycles. The van der Waals surface area contributed by atoms with E-state index in [2.05, 4.69) is 27.4 Å². The number of hydrogen-bond acceptors (Lipinski definition) is 2. The summed E-state index contributed by atoms with van der Waals surface area (Å²) in [7, 11) is 0. The van der Waals surface area contributed by atoms with E-state index in [1.165, 1.54) is 0 Å². The Hall–Kier alpha value is -1.57. The molecule has 0 amide bonds. The molecule has 1 unspecified atom stereocenters. The molecule has 0 bridgehead atoms. The fourth-order valence-corrected chi connectivity index (χ4v) is 1.94. The van der Waals surface area contributed by atoms with E-state index in [9.17, 15) is 4.79 Å². The molecule has 0 radical (unpaired) electrons. The van der Waals surface area contributed by atoms with E-state index in [-0.39, 0.29) is 17.3 Å². The average Bonchev–Trinajstić information content (AvgIpc) is 2.36. The molecule has 0 heterocycles. The van der Waals surface area contributed by atoms with E-state index in [4.69, 9.17) is 4.74 Å². The molecule has 1 aromatic carbocycles. The fourth-order valence-electron chi connectivity index (χ4n) is 1.94. The van der Waals surface area contributed by atoms with Crippen LogP contribution in [0.25, 0.3) is 0 Å². The Balaban J connectivity index is 2.47. The molecule has 1 atom stereocenters. The van der Waals surface area contributed by atoms with Crippen LogP contribution in [0.3, 0.4) is 0 Å². The Bertz CT molecular complexity index is 401. The molecule has 1 rings (SSSR count). The molecule has 1 aromatic rings. The molecule has 2 heteroatoms. The number of rotatable bonds is 6. The number of carbonyl (C=O) groups excluding carboxylic acids is 1. The second-order valence-corrected chi connectivity index (χ2v) is 5.94. The lowest BCUT2D eigenvalue weighted by molar-refractivity contribution is -0.147. The van der Waals surface area contributed by atoms with Gasteiger partial charge in [-0.1, -0.05) is 57.2 Å². The standard InChI is InChI=1S/C17H24O2/c1-5-9-15(17(2,3)4)12-16(18)19-13-14-10-7-6-8-11-14/h5-8,10-11,15H,1,9,12-13H2,2-4H3. The van der Waals surface area contributed by atoms with E-state index in [0.29, 0.717) is 13.0 Å². The quantitative estimate of drug-likeness (QED) is 0.561. The van der Waals surface area contributed by atoms with Crippen LogP contribution >= 0.6 is 0 Å². The van der Waals surface area contributed by atoms with Crippen LogP contribution in [0.2, 0.25) is 0 Å². The molecule has 0 N–H and O–H groups in total. The maximum absolute atomic E-state index is 11.9. The van der Waals surface area contributed by atoms with Gasteiger partial charge in [0.05, 0.1) is 0 Å². The first-order valence-corrected chi connectivity index (χ1v) is 6.74. The molecule has 0 fully saturated rings. The number of allylic oxidation sites excluding steroid dienone is 1. The molecular formula is C17H24O2. The summed E-state index contributed by atoms with van der Waals surface area (Å²) >= 11 is 0. The Morgan fingerprint density at radius 1 is 1.32 bits per heavy atom. The van der Waals surface area contributed by atoms with Crippen LogP contribution in [-0.2, 0) is 16.1 Å². The molecule has 19 heavy (non-hydrogen) atoms. The summed E-state index contributed by atoms with van der Waals surface area (Å²) in [5.74, 6) is 0.138. The summed E-state index contributed by atoms with van der Waals surface area (Å²) in [5.41, 5.74) is 1.10. The molecule has 0 aliphatic carbocycles. The fraction of sp³-hybridized carbons (Fsp3) is 0.471. The Morgan fingerprint density at radius 2 is 1.95 bits per heavy atom. The maximum Gasteiger partial charge on any atom is 0.306 e. The Morgan fingerprint density at radius 3 is 2.47 bits per heavy atom. The average molecular weight is 260 g/mol.